The molecule has 138 valence electrons. The highest BCUT2D eigenvalue weighted by Gasteiger charge is 2.18. The van der Waals surface area contributed by atoms with Gasteiger partial charge >= 0.3 is 0 Å². The summed E-state index contributed by atoms with van der Waals surface area (Å²) in [6.45, 7) is 0. The lowest BCUT2D eigenvalue weighted by Crippen LogP contribution is -2.41. The van der Waals surface area contributed by atoms with Gasteiger partial charge in [-0.05, 0) is 30.5 Å². The van der Waals surface area contributed by atoms with Gasteiger partial charge < -0.3 is 14.2 Å². The molecule has 2 aromatic carbocycles. The van der Waals surface area contributed by atoms with Crippen LogP contribution in [0.4, 0.5) is 0 Å². The molecule has 0 unspecified atom stereocenters. The zero-order valence-corrected chi connectivity index (χ0v) is 15.7. The largest absolute Gasteiger partial charge is 0.493 e. The second-order valence-corrected chi connectivity index (χ2v) is 5.87. The molecule has 2 aromatic rings. The Kier molecular flexibility index (Phi) is 6.74. The minimum Gasteiger partial charge on any atom is -0.493 e. The second-order valence-electron chi connectivity index (χ2n) is 5.02. The maximum absolute atomic E-state index is 12.4. The number of ether oxygens (including phenoxy) is 3. The summed E-state index contributed by atoms with van der Waals surface area (Å²) in [4.78, 5) is 25.5. The van der Waals surface area contributed by atoms with E-state index in [1.54, 1.807) is 12.1 Å². The third-order valence-electron chi connectivity index (χ3n) is 3.57. The standard InChI is InChI=1S/C18H20N2O5S/c1-23-13-9-11(10-14(24-2)16(13)25-3)17(21)19-20-18(22)12-7-5-6-8-15(12)26-4/h5-10H,1-4H3,(H,19,21)(H,20,22). The number of hydrazine groups is 1. The fraction of sp³-hybridized carbons (Fsp3) is 0.222. The zero-order valence-electron chi connectivity index (χ0n) is 14.9. The van der Waals surface area contributed by atoms with Gasteiger partial charge in [-0.3, -0.25) is 20.4 Å². The Morgan fingerprint density at radius 1 is 0.885 bits per heavy atom. The maximum atomic E-state index is 12.4. The fourth-order valence-electron chi connectivity index (χ4n) is 2.30. The van der Waals surface area contributed by atoms with Crippen LogP contribution in [0.25, 0.3) is 0 Å². The van der Waals surface area contributed by atoms with Gasteiger partial charge in [0, 0.05) is 10.5 Å². The van der Waals surface area contributed by atoms with Crippen molar-refractivity contribution in [3.05, 3.63) is 47.5 Å². The van der Waals surface area contributed by atoms with Gasteiger partial charge in [-0.2, -0.15) is 0 Å². The van der Waals surface area contributed by atoms with Crippen molar-refractivity contribution in [2.24, 2.45) is 0 Å². The van der Waals surface area contributed by atoms with E-state index in [2.05, 4.69) is 10.9 Å². The number of hydrogen-bond acceptors (Lipinski definition) is 6. The number of methoxy groups -OCH3 is 3. The molecule has 26 heavy (non-hydrogen) atoms. The average Bonchev–Trinajstić information content (AvgIpc) is 2.70. The lowest BCUT2D eigenvalue weighted by atomic mass is 10.1. The van der Waals surface area contributed by atoms with Crippen LogP contribution in [0.5, 0.6) is 17.2 Å². The molecule has 8 heteroatoms. The molecule has 0 aliphatic rings. The maximum Gasteiger partial charge on any atom is 0.270 e. The predicted octanol–water partition coefficient (Wildman–Crippen LogP) is 2.51. The van der Waals surface area contributed by atoms with Crippen LogP contribution in [0.15, 0.2) is 41.3 Å². The van der Waals surface area contributed by atoms with E-state index in [1.807, 2.05) is 18.4 Å². The molecule has 7 nitrogen and oxygen atoms in total. The summed E-state index contributed by atoms with van der Waals surface area (Å²) >= 11 is 1.45. The average molecular weight is 376 g/mol. The van der Waals surface area contributed by atoms with Crippen molar-refractivity contribution >= 4 is 23.6 Å². The summed E-state index contributed by atoms with van der Waals surface area (Å²) in [6, 6.07) is 10.1. The van der Waals surface area contributed by atoms with Gasteiger partial charge in [-0.1, -0.05) is 12.1 Å². The van der Waals surface area contributed by atoms with Crippen LogP contribution in [-0.2, 0) is 0 Å². The van der Waals surface area contributed by atoms with Crippen LogP contribution in [0.3, 0.4) is 0 Å². The fourth-order valence-corrected chi connectivity index (χ4v) is 2.89. The van der Waals surface area contributed by atoms with Crippen molar-refractivity contribution in [3.63, 3.8) is 0 Å². The van der Waals surface area contributed by atoms with E-state index in [9.17, 15) is 9.59 Å². The normalized spacial score (nSPS) is 10.0. The quantitative estimate of drug-likeness (QED) is 0.595. The highest BCUT2D eigenvalue weighted by molar-refractivity contribution is 7.98. The monoisotopic (exact) mass is 376 g/mol. The molecule has 0 heterocycles. The van der Waals surface area contributed by atoms with Crippen LogP contribution in [0.1, 0.15) is 20.7 Å². The Labute approximate surface area is 156 Å². The molecular formula is C18H20N2O5S. The number of benzene rings is 2. The van der Waals surface area contributed by atoms with E-state index in [1.165, 1.54) is 45.2 Å². The number of thioether (sulfide) groups is 1. The van der Waals surface area contributed by atoms with Crippen LogP contribution in [0.2, 0.25) is 0 Å². The number of amides is 2. The second kappa shape index (κ2) is 9.00. The van der Waals surface area contributed by atoms with Crippen LogP contribution < -0.4 is 25.1 Å². The summed E-state index contributed by atoms with van der Waals surface area (Å²) in [5, 5.41) is 0. The topological polar surface area (TPSA) is 85.9 Å². The van der Waals surface area contributed by atoms with Crippen molar-refractivity contribution in [3.8, 4) is 17.2 Å². The van der Waals surface area contributed by atoms with Crippen LogP contribution in [0, 0.1) is 0 Å². The van der Waals surface area contributed by atoms with E-state index >= 15 is 0 Å². The highest BCUT2D eigenvalue weighted by Crippen LogP contribution is 2.38. The van der Waals surface area contributed by atoms with Gasteiger partial charge in [0.15, 0.2) is 11.5 Å². The molecule has 0 saturated carbocycles. The minimum atomic E-state index is -0.515. The summed E-state index contributed by atoms with van der Waals surface area (Å²) < 4.78 is 15.7. The van der Waals surface area contributed by atoms with Gasteiger partial charge in [-0.25, -0.2) is 0 Å². The summed E-state index contributed by atoms with van der Waals surface area (Å²) in [5.41, 5.74) is 5.52. The van der Waals surface area contributed by atoms with E-state index in [-0.39, 0.29) is 5.56 Å². The van der Waals surface area contributed by atoms with E-state index < -0.39 is 11.8 Å². The number of rotatable bonds is 6. The van der Waals surface area contributed by atoms with Gasteiger partial charge in [0.1, 0.15) is 0 Å². The SMILES string of the molecule is COc1cc(C(=O)NNC(=O)c2ccccc2SC)cc(OC)c1OC. The third-order valence-corrected chi connectivity index (χ3v) is 4.36. The highest BCUT2D eigenvalue weighted by atomic mass is 32.2. The van der Waals surface area contributed by atoms with Gasteiger partial charge in [0.05, 0.1) is 26.9 Å². The number of carbonyl (C=O) groups is 2. The summed E-state index contributed by atoms with van der Waals surface area (Å²) in [7, 11) is 4.39. The lowest BCUT2D eigenvalue weighted by Gasteiger charge is -2.14. The molecule has 2 amide bonds. The number of carbonyl (C=O) groups excluding carboxylic acids is 2. The first-order chi connectivity index (χ1) is 12.5. The smallest absolute Gasteiger partial charge is 0.270 e. The van der Waals surface area contributed by atoms with Crippen molar-refractivity contribution in [2.45, 2.75) is 4.90 Å². The first-order valence-electron chi connectivity index (χ1n) is 7.59. The molecule has 0 radical (unpaired) electrons. The Bertz CT molecular complexity index is 785. The third kappa shape index (κ3) is 4.20. The lowest BCUT2D eigenvalue weighted by molar-refractivity contribution is 0.0844. The van der Waals surface area contributed by atoms with E-state index in [0.717, 1.165) is 4.90 Å². The van der Waals surface area contributed by atoms with Crippen molar-refractivity contribution in [2.75, 3.05) is 27.6 Å². The molecule has 0 aliphatic heterocycles. The molecule has 0 fully saturated rings. The first kappa shape index (κ1) is 19.5. The molecule has 0 aromatic heterocycles. The van der Waals surface area contributed by atoms with Gasteiger partial charge in [0.2, 0.25) is 5.75 Å². The first-order valence-corrected chi connectivity index (χ1v) is 8.81. The summed E-state index contributed by atoms with van der Waals surface area (Å²) in [6.07, 6.45) is 1.88. The zero-order chi connectivity index (χ0) is 19.1. The predicted molar refractivity (Wildman–Crippen MR) is 99.3 cm³/mol. The molecule has 0 atom stereocenters. The Balaban J connectivity index is 2.16. The Hall–Kier alpha value is -2.87. The van der Waals surface area contributed by atoms with Crippen LogP contribution in [-0.4, -0.2) is 39.4 Å². The molecule has 2 N–H and O–H groups in total. The van der Waals surface area contributed by atoms with Gasteiger partial charge in [0.25, 0.3) is 11.8 Å². The molecule has 2 rings (SSSR count). The molecular weight excluding hydrogens is 356 g/mol. The van der Waals surface area contributed by atoms with E-state index in [0.29, 0.717) is 22.8 Å². The number of hydrogen-bond donors (Lipinski definition) is 2. The molecule has 0 bridgehead atoms. The Morgan fingerprint density at radius 2 is 1.46 bits per heavy atom. The molecule has 0 saturated heterocycles. The molecule has 0 aliphatic carbocycles. The van der Waals surface area contributed by atoms with Crippen LogP contribution >= 0.6 is 11.8 Å². The molecule has 0 spiro atoms. The van der Waals surface area contributed by atoms with Gasteiger partial charge in [-0.15, -0.1) is 11.8 Å². The van der Waals surface area contributed by atoms with E-state index in [4.69, 9.17) is 14.2 Å². The minimum absolute atomic E-state index is 0.248. The number of nitrogens with one attached hydrogen (secondary N) is 2. The van der Waals surface area contributed by atoms with Crippen molar-refractivity contribution < 1.29 is 23.8 Å². The van der Waals surface area contributed by atoms with Crippen molar-refractivity contribution in [1.29, 1.82) is 0 Å². The summed E-state index contributed by atoms with van der Waals surface area (Å²) in [5.74, 6) is 0.145. The Morgan fingerprint density at radius 3 is 2.00 bits per heavy atom. The van der Waals surface area contributed by atoms with Crippen molar-refractivity contribution in [1.82, 2.24) is 10.9 Å².